The smallest absolute Gasteiger partial charge is 0.237 e. The first-order valence-electron chi connectivity index (χ1n) is 6.69. The van der Waals surface area contributed by atoms with Crippen LogP contribution in [0.5, 0.6) is 11.6 Å². The summed E-state index contributed by atoms with van der Waals surface area (Å²) in [6.45, 7) is 5.73. The molecule has 2 aromatic rings. The van der Waals surface area contributed by atoms with Crippen molar-refractivity contribution in [2.45, 2.75) is 20.4 Å². The van der Waals surface area contributed by atoms with Crippen LogP contribution in [-0.4, -0.2) is 16.5 Å². The maximum Gasteiger partial charge on any atom is 0.237 e. The Bertz CT molecular complexity index is 588. The van der Waals surface area contributed by atoms with E-state index in [0.29, 0.717) is 12.5 Å². The summed E-state index contributed by atoms with van der Waals surface area (Å²) in [5.74, 6) is -0.802. The van der Waals surface area contributed by atoms with Crippen LogP contribution in [0.4, 0.5) is 8.78 Å². The van der Waals surface area contributed by atoms with E-state index >= 15 is 0 Å². The van der Waals surface area contributed by atoms with Crippen LogP contribution in [-0.2, 0) is 6.54 Å². The van der Waals surface area contributed by atoms with Crippen LogP contribution in [0.1, 0.15) is 19.5 Å². The first-order chi connectivity index (χ1) is 10.0. The zero-order valence-corrected chi connectivity index (χ0v) is 11.9. The number of nitrogens with one attached hydrogen (secondary N) is 1. The summed E-state index contributed by atoms with van der Waals surface area (Å²) in [6.07, 6.45) is 2.97. The molecule has 0 spiro atoms. The van der Waals surface area contributed by atoms with Gasteiger partial charge < -0.3 is 10.1 Å². The lowest BCUT2D eigenvalue weighted by atomic mass is 10.2. The van der Waals surface area contributed by atoms with Gasteiger partial charge in [0.1, 0.15) is 5.82 Å². The molecule has 0 bridgehead atoms. The highest BCUT2D eigenvalue weighted by molar-refractivity contribution is 5.28. The second-order valence-electron chi connectivity index (χ2n) is 5.05. The molecule has 2 rings (SSSR count). The molecule has 0 radical (unpaired) electrons. The van der Waals surface area contributed by atoms with Gasteiger partial charge in [-0.3, -0.25) is 4.98 Å². The van der Waals surface area contributed by atoms with Gasteiger partial charge in [0.15, 0.2) is 11.6 Å². The zero-order chi connectivity index (χ0) is 15.2. The number of hydrogen-bond donors (Lipinski definition) is 1. The Kier molecular flexibility index (Phi) is 5.16. The summed E-state index contributed by atoms with van der Waals surface area (Å²) in [6, 6.07) is 3.09. The number of hydrogen-bond acceptors (Lipinski definition) is 4. The van der Waals surface area contributed by atoms with E-state index in [2.05, 4.69) is 29.1 Å². The molecule has 0 unspecified atom stereocenters. The standard InChI is InChI=1S/C15H17F2N3O/c1-10(2)6-18-7-12-8-20-15(9-19-12)21-14-4-3-11(16)5-13(14)17/h3-5,8-10,18H,6-7H2,1-2H3. The van der Waals surface area contributed by atoms with Crippen LogP contribution in [0.25, 0.3) is 0 Å². The van der Waals surface area contributed by atoms with Crippen molar-refractivity contribution in [2.75, 3.05) is 6.54 Å². The summed E-state index contributed by atoms with van der Waals surface area (Å²) in [7, 11) is 0. The molecule has 6 heteroatoms. The molecule has 112 valence electrons. The molecule has 0 atom stereocenters. The van der Waals surface area contributed by atoms with Crippen LogP contribution >= 0.6 is 0 Å². The van der Waals surface area contributed by atoms with Crippen LogP contribution in [0.15, 0.2) is 30.6 Å². The van der Waals surface area contributed by atoms with Crippen molar-refractivity contribution < 1.29 is 13.5 Å². The maximum absolute atomic E-state index is 13.4. The lowest BCUT2D eigenvalue weighted by molar-refractivity contribution is 0.421. The molecule has 0 saturated carbocycles. The Morgan fingerprint density at radius 3 is 2.62 bits per heavy atom. The topological polar surface area (TPSA) is 47.0 Å². The van der Waals surface area contributed by atoms with E-state index in [4.69, 9.17) is 4.74 Å². The molecule has 0 amide bonds. The van der Waals surface area contributed by atoms with Gasteiger partial charge >= 0.3 is 0 Å². The molecule has 0 aliphatic heterocycles. The number of ether oxygens (including phenoxy) is 1. The van der Waals surface area contributed by atoms with Gasteiger partial charge in [-0.2, -0.15) is 0 Å². The highest BCUT2D eigenvalue weighted by atomic mass is 19.1. The number of halogens is 2. The van der Waals surface area contributed by atoms with Gasteiger partial charge in [-0.1, -0.05) is 13.8 Å². The SMILES string of the molecule is CC(C)CNCc1cnc(Oc2ccc(F)cc2F)cn1. The number of nitrogens with zero attached hydrogens (tertiary/aromatic N) is 2. The van der Waals surface area contributed by atoms with Gasteiger partial charge in [0.2, 0.25) is 5.88 Å². The summed E-state index contributed by atoms with van der Waals surface area (Å²) >= 11 is 0. The molecule has 1 aromatic heterocycles. The predicted molar refractivity (Wildman–Crippen MR) is 75.0 cm³/mol. The second-order valence-corrected chi connectivity index (χ2v) is 5.05. The molecule has 1 N–H and O–H groups in total. The van der Waals surface area contributed by atoms with Crippen LogP contribution < -0.4 is 10.1 Å². The van der Waals surface area contributed by atoms with E-state index in [1.807, 2.05) is 0 Å². The molecule has 0 aliphatic rings. The minimum Gasteiger partial charge on any atom is -0.434 e. The first-order valence-corrected chi connectivity index (χ1v) is 6.69. The Morgan fingerprint density at radius 2 is 2.00 bits per heavy atom. The van der Waals surface area contributed by atoms with Crippen molar-refractivity contribution >= 4 is 0 Å². The van der Waals surface area contributed by atoms with Crippen molar-refractivity contribution in [1.29, 1.82) is 0 Å². The highest BCUT2D eigenvalue weighted by Crippen LogP contribution is 2.22. The van der Waals surface area contributed by atoms with Gasteiger partial charge in [0, 0.05) is 12.6 Å². The third-order valence-electron chi connectivity index (χ3n) is 2.65. The molecule has 0 fully saturated rings. The number of aromatic nitrogens is 2. The van der Waals surface area contributed by atoms with Crippen molar-refractivity contribution in [3.05, 3.63) is 47.9 Å². The van der Waals surface area contributed by atoms with Gasteiger partial charge in [-0.15, -0.1) is 0 Å². The van der Waals surface area contributed by atoms with E-state index in [-0.39, 0.29) is 11.6 Å². The minimum atomic E-state index is -0.778. The van der Waals surface area contributed by atoms with Crippen molar-refractivity contribution in [1.82, 2.24) is 15.3 Å². The lowest BCUT2D eigenvalue weighted by Gasteiger charge is -2.08. The molecule has 21 heavy (non-hydrogen) atoms. The van der Waals surface area contributed by atoms with E-state index < -0.39 is 11.6 Å². The Hall–Kier alpha value is -2.08. The summed E-state index contributed by atoms with van der Waals surface area (Å²) in [5, 5.41) is 3.24. The molecular weight excluding hydrogens is 276 g/mol. The minimum absolute atomic E-state index is 0.0867. The monoisotopic (exact) mass is 293 g/mol. The fourth-order valence-electron chi connectivity index (χ4n) is 1.65. The lowest BCUT2D eigenvalue weighted by Crippen LogP contribution is -2.19. The fraction of sp³-hybridized carbons (Fsp3) is 0.333. The predicted octanol–water partition coefficient (Wildman–Crippen LogP) is 3.29. The van der Waals surface area contributed by atoms with E-state index in [1.165, 1.54) is 12.3 Å². The maximum atomic E-state index is 13.4. The van der Waals surface area contributed by atoms with Crippen molar-refractivity contribution in [2.24, 2.45) is 5.92 Å². The quantitative estimate of drug-likeness (QED) is 0.887. The molecular formula is C15H17F2N3O. The average Bonchev–Trinajstić information content (AvgIpc) is 2.43. The molecule has 0 saturated heterocycles. The molecule has 0 aliphatic carbocycles. The van der Waals surface area contributed by atoms with Gasteiger partial charge in [0.25, 0.3) is 0 Å². The fourth-order valence-corrected chi connectivity index (χ4v) is 1.65. The summed E-state index contributed by atoms with van der Waals surface area (Å²) in [5.41, 5.74) is 0.766. The normalized spacial score (nSPS) is 10.9. The number of benzene rings is 1. The Labute approximate surface area is 122 Å². The highest BCUT2D eigenvalue weighted by Gasteiger charge is 2.07. The van der Waals surface area contributed by atoms with E-state index in [9.17, 15) is 8.78 Å². The van der Waals surface area contributed by atoms with Gasteiger partial charge in [-0.25, -0.2) is 13.8 Å². The van der Waals surface area contributed by atoms with Crippen LogP contribution in [0.3, 0.4) is 0 Å². The summed E-state index contributed by atoms with van der Waals surface area (Å²) in [4.78, 5) is 8.22. The van der Waals surface area contributed by atoms with Crippen molar-refractivity contribution in [3.8, 4) is 11.6 Å². The molecule has 1 aromatic carbocycles. The largest absolute Gasteiger partial charge is 0.434 e. The third-order valence-corrected chi connectivity index (χ3v) is 2.65. The second kappa shape index (κ2) is 7.08. The van der Waals surface area contributed by atoms with Crippen molar-refractivity contribution in [3.63, 3.8) is 0 Å². The number of rotatable bonds is 6. The van der Waals surface area contributed by atoms with Crippen LogP contribution in [0.2, 0.25) is 0 Å². The third kappa shape index (κ3) is 4.75. The van der Waals surface area contributed by atoms with Gasteiger partial charge in [0.05, 0.1) is 18.1 Å². The van der Waals surface area contributed by atoms with Gasteiger partial charge in [-0.05, 0) is 24.6 Å². The zero-order valence-electron chi connectivity index (χ0n) is 11.9. The summed E-state index contributed by atoms with van der Waals surface area (Å²) < 4.78 is 31.4. The van der Waals surface area contributed by atoms with E-state index in [1.54, 1.807) is 6.20 Å². The first kappa shape index (κ1) is 15.3. The Morgan fingerprint density at radius 1 is 1.19 bits per heavy atom. The molecule has 4 nitrogen and oxygen atoms in total. The molecule has 1 heterocycles. The average molecular weight is 293 g/mol. The Balaban J connectivity index is 1.95. The van der Waals surface area contributed by atoms with E-state index in [0.717, 1.165) is 24.4 Å². The van der Waals surface area contributed by atoms with Crippen LogP contribution in [0, 0.1) is 17.6 Å².